The molecular formula is C20H27FN4O. The Morgan fingerprint density at radius 3 is 2.42 bits per heavy atom. The van der Waals surface area contributed by atoms with E-state index in [1.165, 1.54) is 12.1 Å². The van der Waals surface area contributed by atoms with Gasteiger partial charge in [0.05, 0.1) is 11.7 Å². The summed E-state index contributed by atoms with van der Waals surface area (Å²) in [6, 6.07) is 6.67. The monoisotopic (exact) mass is 358 g/mol. The van der Waals surface area contributed by atoms with Crippen molar-refractivity contribution in [2.45, 2.75) is 46.2 Å². The minimum Gasteiger partial charge on any atom is -0.353 e. The Kier molecular flexibility index (Phi) is 5.71. The number of carbonyl (C=O) groups excluding carboxylic acids is 1. The van der Waals surface area contributed by atoms with E-state index < -0.39 is 0 Å². The third-order valence-corrected chi connectivity index (χ3v) is 5.37. The van der Waals surface area contributed by atoms with Crippen molar-refractivity contribution >= 4 is 5.91 Å². The molecule has 140 valence electrons. The lowest BCUT2D eigenvalue weighted by Gasteiger charge is -2.28. The molecule has 3 rings (SSSR count). The van der Waals surface area contributed by atoms with Gasteiger partial charge in [0.1, 0.15) is 12.4 Å². The number of carbonyl (C=O) groups is 1. The van der Waals surface area contributed by atoms with Crippen LogP contribution in [0.15, 0.2) is 24.3 Å². The molecule has 2 heterocycles. The van der Waals surface area contributed by atoms with Crippen molar-refractivity contribution < 1.29 is 9.18 Å². The Morgan fingerprint density at radius 1 is 1.19 bits per heavy atom. The fourth-order valence-electron chi connectivity index (χ4n) is 3.54. The number of rotatable bonds is 6. The third kappa shape index (κ3) is 4.12. The molecular weight excluding hydrogens is 331 g/mol. The fraction of sp³-hybridized carbons (Fsp3) is 0.500. The van der Waals surface area contributed by atoms with Crippen LogP contribution in [0.5, 0.6) is 0 Å². The molecule has 1 fully saturated rings. The minimum atomic E-state index is -0.238. The Balaban J connectivity index is 1.66. The van der Waals surface area contributed by atoms with Crippen molar-refractivity contribution in [1.82, 2.24) is 20.0 Å². The molecule has 2 aromatic rings. The van der Waals surface area contributed by atoms with E-state index in [4.69, 9.17) is 0 Å². The molecule has 0 saturated carbocycles. The van der Waals surface area contributed by atoms with Gasteiger partial charge in [-0.25, -0.2) is 4.39 Å². The first-order valence-corrected chi connectivity index (χ1v) is 9.22. The Labute approximate surface area is 154 Å². The molecule has 1 unspecified atom stereocenters. The maximum atomic E-state index is 13.3. The quantitative estimate of drug-likeness (QED) is 0.864. The number of halogens is 1. The predicted molar refractivity (Wildman–Crippen MR) is 99.4 cm³/mol. The number of aromatic nitrogens is 2. The van der Waals surface area contributed by atoms with Gasteiger partial charge in [-0.05, 0) is 70.0 Å². The molecule has 1 N–H and O–H groups in total. The number of aryl methyl sites for hydroxylation is 1. The number of nitrogens with zero attached hydrogens (tertiary/aromatic N) is 3. The first-order chi connectivity index (χ1) is 12.5. The lowest BCUT2D eigenvalue weighted by Crippen LogP contribution is -2.38. The average Bonchev–Trinajstić information content (AvgIpc) is 3.22. The Hall–Kier alpha value is -2.21. The van der Waals surface area contributed by atoms with Crippen LogP contribution in [0.1, 0.15) is 41.4 Å². The third-order valence-electron chi connectivity index (χ3n) is 5.37. The highest BCUT2D eigenvalue weighted by molar-refractivity contribution is 5.75. The van der Waals surface area contributed by atoms with Crippen LogP contribution in [-0.4, -0.2) is 40.2 Å². The highest BCUT2D eigenvalue weighted by Crippen LogP contribution is 2.24. The predicted octanol–water partition coefficient (Wildman–Crippen LogP) is 2.90. The highest BCUT2D eigenvalue weighted by atomic mass is 19.1. The van der Waals surface area contributed by atoms with Crippen LogP contribution in [0, 0.1) is 26.6 Å². The van der Waals surface area contributed by atoms with E-state index in [9.17, 15) is 9.18 Å². The van der Waals surface area contributed by atoms with Crippen LogP contribution in [-0.2, 0) is 11.3 Å². The maximum Gasteiger partial charge on any atom is 0.241 e. The van der Waals surface area contributed by atoms with Crippen LogP contribution in [0.25, 0.3) is 0 Å². The van der Waals surface area contributed by atoms with Gasteiger partial charge in [-0.2, -0.15) is 5.10 Å². The van der Waals surface area contributed by atoms with Crippen molar-refractivity contribution in [3.63, 3.8) is 0 Å². The second-order valence-electron chi connectivity index (χ2n) is 7.07. The van der Waals surface area contributed by atoms with E-state index in [2.05, 4.69) is 15.3 Å². The second kappa shape index (κ2) is 7.99. The van der Waals surface area contributed by atoms with Gasteiger partial charge in [-0.1, -0.05) is 12.1 Å². The number of hydrogen-bond donors (Lipinski definition) is 1. The van der Waals surface area contributed by atoms with Gasteiger partial charge in [-0.15, -0.1) is 0 Å². The molecule has 26 heavy (non-hydrogen) atoms. The van der Waals surface area contributed by atoms with Crippen LogP contribution in [0.4, 0.5) is 4.39 Å². The van der Waals surface area contributed by atoms with Gasteiger partial charge in [0, 0.05) is 12.2 Å². The van der Waals surface area contributed by atoms with Crippen molar-refractivity contribution in [2.75, 3.05) is 19.6 Å². The van der Waals surface area contributed by atoms with E-state index in [1.807, 2.05) is 32.9 Å². The lowest BCUT2D eigenvalue weighted by molar-refractivity contribution is -0.122. The van der Waals surface area contributed by atoms with Gasteiger partial charge in [0.25, 0.3) is 0 Å². The average molecular weight is 358 g/mol. The van der Waals surface area contributed by atoms with Crippen LogP contribution < -0.4 is 5.32 Å². The molecule has 5 nitrogen and oxygen atoms in total. The minimum absolute atomic E-state index is 0.0538. The smallest absolute Gasteiger partial charge is 0.241 e. The summed E-state index contributed by atoms with van der Waals surface area (Å²) in [5.74, 6) is -0.292. The largest absolute Gasteiger partial charge is 0.353 e. The van der Waals surface area contributed by atoms with Gasteiger partial charge in [0.15, 0.2) is 0 Å². The fourth-order valence-corrected chi connectivity index (χ4v) is 3.54. The van der Waals surface area contributed by atoms with Crippen molar-refractivity contribution in [3.8, 4) is 0 Å². The number of nitrogens with one attached hydrogen (secondary N) is 1. The number of benzene rings is 1. The summed E-state index contributed by atoms with van der Waals surface area (Å²) >= 11 is 0. The standard InChI is InChI=1S/C20H27FN4O/c1-14-15(2)23-25(16(14)3)13-20(26)22-12-19(24-10-4-5-11-24)17-6-8-18(21)9-7-17/h6-9,19H,4-5,10-13H2,1-3H3,(H,22,26). The molecule has 0 radical (unpaired) electrons. The lowest BCUT2D eigenvalue weighted by atomic mass is 10.1. The van der Waals surface area contributed by atoms with E-state index in [0.717, 1.165) is 48.4 Å². The molecule has 0 spiro atoms. The normalized spacial score (nSPS) is 16.0. The molecule has 1 aliphatic rings. The first-order valence-electron chi connectivity index (χ1n) is 9.22. The second-order valence-corrected chi connectivity index (χ2v) is 7.07. The molecule has 1 saturated heterocycles. The van der Waals surface area contributed by atoms with Gasteiger partial charge in [0.2, 0.25) is 5.91 Å². The number of hydrogen-bond acceptors (Lipinski definition) is 3. The summed E-state index contributed by atoms with van der Waals surface area (Å²) in [5.41, 5.74) is 4.14. The van der Waals surface area contributed by atoms with E-state index in [-0.39, 0.29) is 24.3 Å². The molecule has 1 aromatic heterocycles. The summed E-state index contributed by atoms with van der Waals surface area (Å²) in [4.78, 5) is 14.8. The molecule has 6 heteroatoms. The zero-order valence-electron chi connectivity index (χ0n) is 15.8. The molecule has 1 amide bonds. The molecule has 0 bridgehead atoms. The number of likely N-dealkylation sites (tertiary alicyclic amines) is 1. The van der Waals surface area contributed by atoms with Gasteiger partial charge in [-0.3, -0.25) is 14.4 Å². The Morgan fingerprint density at radius 2 is 1.85 bits per heavy atom. The van der Waals surface area contributed by atoms with Crippen molar-refractivity contribution in [1.29, 1.82) is 0 Å². The molecule has 0 aliphatic carbocycles. The Bertz CT molecular complexity index is 763. The molecule has 1 atom stereocenters. The topological polar surface area (TPSA) is 50.2 Å². The van der Waals surface area contributed by atoms with Gasteiger partial charge < -0.3 is 5.32 Å². The maximum absolute atomic E-state index is 13.3. The van der Waals surface area contributed by atoms with Crippen molar-refractivity contribution in [3.05, 3.63) is 52.6 Å². The first kappa shape index (κ1) is 18.6. The van der Waals surface area contributed by atoms with Crippen LogP contribution >= 0.6 is 0 Å². The highest BCUT2D eigenvalue weighted by Gasteiger charge is 2.24. The summed E-state index contributed by atoms with van der Waals surface area (Å²) in [7, 11) is 0. The van der Waals surface area contributed by atoms with E-state index >= 15 is 0 Å². The number of amides is 1. The summed E-state index contributed by atoms with van der Waals surface area (Å²) in [6.45, 7) is 8.70. The zero-order valence-corrected chi connectivity index (χ0v) is 15.8. The summed E-state index contributed by atoms with van der Waals surface area (Å²) in [5, 5.41) is 7.47. The zero-order chi connectivity index (χ0) is 18.7. The van der Waals surface area contributed by atoms with Crippen molar-refractivity contribution in [2.24, 2.45) is 0 Å². The van der Waals surface area contributed by atoms with Crippen LogP contribution in [0.3, 0.4) is 0 Å². The molecule has 1 aromatic carbocycles. The summed E-state index contributed by atoms with van der Waals surface area (Å²) in [6.07, 6.45) is 2.33. The van der Waals surface area contributed by atoms with E-state index in [0.29, 0.717) is 6.54 Å². The van der Waals surface area contributed by atoms with E-state index in [1.54, 1.807) is 4.68 Å². The summed E-state index contributed by atoms with van der Waals surface area (Å²) < 4.78 is 15.0. The van der Waals surface area contributed by atoms with Crippen LogP contribution in [0.2, 0.25) is 0 Å². The molecule has 1 aliphatic heterocycles. The SMILES string of the molecule is Cc1nn(CC(=O)NCC(c2ccc(F)cc2)N2CCCC2)c(C)c1C. The van der Waals surface area contributed by atoms with Gasteiger partial charge >= 0.3 is 0 Å².